The van der Waals surface area contributed by atoms with E-state index in [2.05, 4.69) is 4.57 Å². The third kappa shape index (κ3) is 3.83. The minimum Gasteiger partial charge on any atom is -0.427 e. The number of rotatable bonds is 7. The number of unbranched alkanes of at least 4 members (excludes halogenated alkanes) is 2. The van der Waals surface area contributed by atoms with E-state index in [0.29, 0.717) is 6.32 Å². The molecule has 0 saturated heterocycles. The summed E-state index contributed by atoms with van der Waals surface area (Å²) < 4.78 is 15.3. The van der Waals surface area contributed by atoms with Crippen molar-refractivity contribution in [3.63, 3.8) is 0 Å². The van der Waals surface area contributed by atoms with Gasteiger partial charge in [-0.3, -0.25) is 0 Å². The van der Waals surface area contributed by atoms with Crippen molar-refractivity contribution in [2.24, 2.45) is 0 Å². The third-order valence-corrected chi connectivity index (χ3v) is 4.10. The number of aryl methyl sites for hydroxylation is 1. The topological polar surface area (TPSA) is 58.3 Å². The number of halogens is 1. The standard InChI is InChI=1S/C18H20BFN2O2/c20-15-10-8-14(9-11-15)18-21-16-6-2-3-7-17(16)22(18)13-5-1-4-12-19(23)24/h2-3,6-11,23-24H,1,4-5,12-13H2. The first-order chi connectivity index (χ1) is 11.6. The Hall–Kier alpha value is -2.18. The van der Waals surface area contributed by atoms with Gasteiger partial charge in [-0.1, -0.05) is 25.0 Å². The molecule has 3 aromatic rings. The fraction of sp³-hybridized carbons (Fsp3) is 0.278. The van der Waals surface area contributed by atoms with Crippen molar-refractivity contribution in [2.45, 2.75) is 32.1 Å². The summed E-state index contributed by atoms with van der Waals surface area (Å²) in [5, 5.41) is 17.8. The molecule has 0 fully saturated rings. The van der Waals surface area contributed by atoms with Crippen molar-refractivity contribution in [3.05, 3.63) is 54.3 Å². The van der Waals surface area contributed by atoms with Crippen LogP contribution in [0.3, 0.4) is 0 Å². The van der Waals surface area contributed by atoms with Crippen molar-refractivity contribution in [3.8, 4) is 11.4 Å². The van der Waals surface area contributed by atoms with E-state index in [4.69, 9.17) is 15.0 Å². The first-order valence-corrected chi connectivity index (χ1v) is 8.22. The van der Waals surface area contributed by atoms with E-state index in [1.165, 1.54) is 12.1 Å². The number of fused-ring (bicyclic) bond motifs is 1. The van der Waals surface area contributed by atoms with Gasteiger partial charge in [0.1, 0.15) is 11.6 Å². The molecule has 6 heteroatoms. The van der Waals surface area contributed by atoms with Crippen LogP contribution in [0.25, 0.3) is 22.4 Å². The molecule has 24 heavy (non-hydrogen) atoms. The van der Waals surface area contributed by atoms with Crippen molar-refractivity contribution >= 4 is 18.2 Å². The minimum absolute atomic E-state index is 0.260. The lowest BCUT2D eigenvalue weighted by molar-refractivity contribution is 0.401. The van der Waals surface area contributed by atoms with Gasteiger partial charge in [-0.25, -0.2) is 9.37 Å². The molecule has 0 atom stereocenters. The molecule has 0 radical (unpaired) electrons. The van der Waals surface area contributed by atoms with Crippen LogP contribution in [0.15, 0.2) is 48.5 Å². The zero-order valence-corrected chi connectivity index (χ0v) is 13.4. The lowest BCUT2D eigenvalue weighted by Crippen LogP contribution is -2.09. The molecule has 0 saturated carbocycles. The second-order valence-electron chi connectivity index (χ2n) is 5.91. The quantitative estimate of drug-likeness (QED) is 0.516. The van der Waals surface area contributed by atoms with Crippen molar-refractivity contribution < 1.29 is 14.4 Å². The van der Waals surface area contributed by atoms with E-state index in [0.717, 1.165) is 48.2 Å². The zero-order chi connectivity index (χ0) is 16.9. The highest BCUT2D eigenvalue weighted by atomic mass is 19.1. The van der Waals surface area contributed by atoms with Crippen LogP contribution in [0.1, 0.15) is 19.3 Å². The van der Waals surface area contributed by atoms with Gasteiger partial charge < -0.3 is 14.6 Å². The van der Waals surface area contributed by atoms with Crippen LogP contribution in [-0.4, -0.2) is 26.7 Å². The fourth-order valence-electron chi connectivity index (χ4n) is 2.89. The van der Waals surface area contributed by atoms with Gasteiger partial charge in [0.05, 0.1) is 11.0 Å². The van der Waals surface area contributed by atoms with Crippen LogP contribution in [0.4, 0.5) is 4.39 Å². The van der Waals surface area contributed by atoms with E-state index in [-0.39, 0.29) is 5.82 Å². The first-order valence-electron chi connectivity index (χ1n) is 8.22. The lowest BCUT2D eigenvalue weighted by Gasteiger charge is -2.09. The Morgan fingerprint density at radius 2 is 1.71 bits per heavy atom. The van der Waals surface area contributed by atoms with Crippen LogP contribution in [0, 0.1) is 5.82 Å². The van der Waals surface area contributed by atoms with Gasteiger partial charge in [0.2, 0.25) is 0 Å². The monoisotopic (exact) mass is 326 g/mol. The highest BCUT2D eigenvalue weighted by molar-refractivity contribution is 6.40. The Morgan fingerprint density at radius 3 is 2.46 bits per heavy atom. The second-order valence-corrected chi connectivity index (χ2v) is 5.91. The molecule has 0 amide bonds. The highest BCUT2D eigenvalue weighted by Crippen LogP contribution is 2.25. The average molecular weight is 326 g/mol. The molecule has 0 aliphatic rings. The number of aromatic nitrogens is 2. The molecule has 0 unspecified atom stereocenters. The Kier molecular flexibility index (Phi) is 5.28. The van der Waals surface area contributed by atoms with Gasteiger partial charge in [0, 0.05) is 12.1 Å². The first kappa shape index (κ1) is 16.7. The van der Waals surface area contributed by atoms with Gasteiger partial charge in [-0.05, 0) is 49.1 Å². The average Bonchev–Trinajstić information content (AvgIpc) is 2.94. The molecule has 0 bridgehead atoms. The Balaban J connectivity index is 1.84. The predicted octanol–water partition coefficient (Wildman–Crippen LogP) is 3.49. The minimum atomic E-state index is -1.23. The molecule has 1 heterocycles. The van der Waals surface area contributed by atoms with Gasteiger partial charge in [-0.2, -0.15) is 0 Å². The van der Waals surface area contributed by atoms with E-state index in [9.17, 15) is 4.39 Å². The Bertz CT molecular complexity index is 802. The van der Waals surface area contributed by atoms with Gasteiger partial charge in [-0.15, -0.1) is 0 Å². The number of nitrogens with zero attached hydrogens (tertiary/aromatic N) is 2. The molecule has 4 nitrogen and oxygen atoms in total. The summed E-state index contributed by atoms with van der Waals surface area (Å²) in [6.45, 7) is 0.786. The van der Waals surface area contributed by atoms with Gasteiger partial charge in [0.15, 0.2) is 0 Å². The molecule has 0 spiro atoms. The fourth-order valence-corrected chi connectivity index (χ4v) is 2.89. The summed E-state index contributed by atoms with van der Waals surface area (Å²) in [4.78, 5) is 4.70. The van der Waals surface area contributed by atoms with Crippen LogP contribution < -0.4 is 0 Å². The van der Waals surface area contributed by atoms with E-state index >= 15 is 0 Å². The largest absolute Gasteiger partial charge is 0.451 e. The Morgan fingerprint density at radius 1 is 0.958 bits per heavy atom. The van der Waals surface area contributed by atoms with E-state index in [1.54, 1.807) is 12.1 Å². The molecule has 2 aromatic carbocycles. The third-order valence-electron chi connectivity index (χ3n) is 4.10. The number of hydrogen-bond donors (Lipinski definition) is 2. The predicted molar refractivity (Wildman–Crippen MR) is 94.0 cm³/mol. The van der Waals surface area contributed by atoms with E-state index in [1.807, 2.05) is 24.3 Å². The molecular weight excluding hydrogens is 306 g/mol. The van der Waals surface area contributed by atoms with Crippen LogP contribution >= 0.6 is 0 Å². The second kappa shape index (κ2) is 7.60. The molecular formula is C18H20BFN2O2. The smallest absolute Gasteiger partial charge is 0.427 e. The summed E-state index contributed by atoms with van der Waals surface area (Å²) >= 11 is 0. The lowest BCUT2D eigenvalue weighted by atomic mass is 9.83. The maximum absolute atomic E-state index is 13.2. The molecule has 0 aliphatic heterocycles. The molecule has 1 aromatic heterocycles. The number of benzene rings is 2. The van der Waals surface area contributed by atoms with Crippen molar-refractivity contribution in [1.82, 2.24) is 9.55 Å². The summed E-state index contributed by atoms with van der Waals surface area (Å²) in [5.74, 6) is 0.572. The van der Waals surface area contributed by atoms with Gasteiger partial charge >= 0.3 is 7.12 Å². The maximum Gasteiger partial charge on any atom is 0.451 e. The van der Waals surface area contributed by atoms with Crippen molar-refractivity contribution in [2.75, 3.05) is 0 Å². The summed E-state index contributed by atoms with van der Waals surface area (Å²) in [6, 6.07) is 14.3. The molecule has 0 aliphatic carbocycles. The van der Waals surface area contributed by atoms with Crippen LogP contribution in [0.2, 0.25) is 6.32 Å². The number of para-hydroxylation sites is 2. The van der Waals surface area contributed by atoms with E-state index < -0.39 is 7.12 Å². The summed E-state index contributed by atoms with van der Waals surface area (Å²) in [6.07, 6.45) is 3.00. The molecule has 124 valence electrons. The SMILES string of the molecule is OB(O)CCCCCn1c(-c2ccc(F)cc2)nc2ccccc21. The number of hydrogen-bond acceptors (Lipinski definition) is 3. The summed E-state index contributed by atoms with van der Waals surface area (Å²) in [7, 11) is -1.23. The normalized spacial score (nSPS) is 11.1. The van der Waals surface area contributed by atoms with Crippen LogP contribution in [0.5, 0.6) is 0 Å². The summed E-state index contributed by atoms with van der Waals surface area (Å²) in [5.41, 5.74) is 2.86. The number of imidazole rings is 1. The molecule has 2 N–H and O–H groups in total. The zero-order valence-electron chi connectivity index (χ0n) is 13.4. The van der Waals surface area contributed by atoms with Crippen LogP contribution in [-0.2, 0) is 6.54 Å². The van der Waals surface area contributed by atoms with Crippen molar-refractivity contribution in [1.29, 1.82) is 0 Å². The molecule has 3 rings (SSSR count). The Labute approximate surface area is 140 Å². The van der Waals surface area contributed by atoms with Gasteiger partial charge in [0.25, 0.3) is 0 Å². The maximum atomic E-state index is 13.2. The highest BCUT2D eigenvalue weighted by Gasteiger charge is 2.12.